The molecule has 0 aliphatic carbocycles. The molecular weight excluding hydrogens is 294 g/mol. The predicted molar refractivity (Wildman–Crippen MR) is 90.7 cm³/mol. The molecule has 2 rings (SSSR count). The van der Waals surface area contributed by atoms with Gasteiger partial charge >= 0.3 is 0 Å². The standard InChI is InChI=1S/C17H29N3O3/c1-18(2)8-9-20-13-17(23)16(22)11-15(20)12-19-7-4-3-5-14(19)6-10-21/h11,13-14,21,23H,3-10,12H2,1-2H3. The van der Waals surface area contributed by atoms with Gasteiger partial charge in [-0.25, -0.2) is 0 Å². The highest BCUT2D eigenvalue weighted by Gasteiger charge is 2.23. The van der Waals surface area contributed by atoms with Gasteiger partial charge in [0, 0.05) is 44.0 Å². The first-order chi connectivity index (χ1) is 11.0. The van der Waals surface area contributed by atoms with Crippen LogP contribution in [0, 0.1) is 0 Å². The number of rotatable bonds is 7. The van der Waals surface area contributed by atoms with Crippen molar-refractivity contribution in [3.63, 3.8) is 0 Å². The third-order valence-electron chi connectivity index (χ3n) is 4.56. The molecule has 1 aliphatic heterocycles. The number of aromatic hydroxyl groups is 1. The highest BCUT2D eigenvalue weighted by Crippen LogP contribution is 2.22. The summed E-state index contributed by atoms with van der Waals surface area (Å²) in [7, 11) is 4.01. The molecule has 2 N–H and O–H groups in total. The fraction of sp³-hybridized carbons (Fsp3) is 0.706. The molecule has 130 valence electrons. The van der Waals surface area contributed by atoms with Gasteiger partial charge in [0.2, 0.25) is 5.43 Å². The van der Waals surface area contributed by atoms with E-state index < -0.39 is 0 Å². The molecule has 0 amide bonds. The van der Waals surface area contributed by atoms with Gasteiger partial charge in [-0.3, -0.25) is 9.69 Å². The number of likely N-dealkylation sites (tertiary alicyclic amines) is 1. The van der Waals surface area contributed by atoms with Gasteiger partial charge in [-0.15, -0.1) is 0 Å². The Balaban J connectivity index is 2.19. The molecule has 1 atom stereocenters. The molecule has 1 unspecified atom stereocenters. The average Bonchev–Trinajstić information content (AvgIpc) is 2.51. The van der Waals surface area contributed by atoms with E-state index in [1.807, 2.05) is 18.7 Å². The third-order valence-corrected chi connectivity index (χ3v) is 4.56. The highest BCUT2D eigenvalue weighted by atomic mass is 16.3. The van der Waals surface area contributed by atoms with Gasteiger partial charge in [-0.1, -0.05) is 6.42 Å². The molecule has 6 nitrogen and oxygen atoms in total. The summed E-state index contributed by atoms with van der Waals surface area (Å²) in [6.07, 6.45) is 5.78. The zero-order chi connectivity index (χ0) is 16.8. The van der Waals surface area contributed by atoms with Crippen LogP contribution >= 0.6 is 0 Å². The van der Waals surface area contributed by atoms with Crippen molar-refractivity contribution < 1.29 is 10.2 Å². The summed E-state index contributed by atoms with van der Waals surface area (Å²) < 4.78 is 1.97. The lowest BCUT2D eigenvalue weighted by atomic mass is 9.99. The first-order valence-corrected chi connectivity index (χ1v) is 8.43. The van der Waals surface area contributed by atoms with E-state index in [0.717, 1.165) is 44.6 Å². The SMILES string of the molecule is CN(C)CCn1cc(O)c(=O)cc1CN1CCCCC1CCO. The van der Waals surface area contributed by atoms with Crippen molar-refractivity contribution in [2.45, 2.75) is 44.8 Å². The fourth-order valence-corrected chi connectivity index (χ4v) is 3.21. The lowest BCUT2D eigenvalue weighted by molar-refractivity contribution is 0.109. The first kappa shape index (κ1) is 18.0. The quantitative estimate of drug-likeness (QED) is 0.779. The van der Waals surface area contributed by atoms with Crippen molar-refractivity contribution >= 4 is 0 Å². The normalized spacial score (nSPS) is 19.4. The van der Waals surface area contributed by atoms with Crippen LogP contribution in [0.4, 0.5) is 0 Å². The second kappa shape index (κ2) is 8.47. The fourth-order valence-electron chi connectivity index (χ4n) is 3.21. The second-order valence-electron chi connectivity index (χ2n) is 6.64. The summed E-state index contributed by atoms with van der Waals surface area (Å²) in [5.41, 5.74) is 0.608. The van der Waals surface area contributed by atoms with Crippen LogP contribution in [0.2, 0.25) is 0 Å². The van der Waals surface area contributed by atoms with E-state index in [9.17, 15) is 15.0 Å². The topological polar surface area (TPSA) is 68.9 Å². The van der Waals surface area contributed by atoms with Crippen LogP contribution in [0.15, 0.2) is 17.1 Å². The van der Waals surface area contributed by atoms with E-state index >= 15 is 0 Å². The number of aliphatic hydroxyl groups is 1. The Bertz CT molecular complexity index is 555. The van der Waals surface area contributed by atoms with Crippen molar-refractivity contribution in [2.24, 2.45) is 0 Å². The van der Waals surface area contributed by atoms with E-state index in [4.69, 9.17) is 0 Å². The molecule has 1 aromatic heterocycles. The van der Waals surface area contributed by atoms with Gasteiger partial charge in [0.15, 0.2) is 5.75 Å². The summed E-state index contributed by atoms with van der Waals surface area (Å²) >= 11 is 0. The number of aromatic nitrogens is 1. The third kappa shape index (κ3) is 5.06. The van der Waals surface area contributed by atoms with Crippen LogP contribution < -0.4 is 5.43 Å². The van der Waals surface area contributed by atoms with E-state index in [-0.39, 0.29) is 17.8 Å². The maximum atomic E-state index is 11.8. The predicted octanol–water partition coefficient (Wildman–Crippen LogP) is 0.852. The molecule has 2 heterocycles. The van der Waals surface area contributed by atoms with E-state index in [0.29, 0.717) is 12.6 Å². The first-order valence-electron chi connectivity index (χ1n) is 8.43. The van der Waals surface area contributed by atoms with Crippen LogP contribution in [-0.2, 0) is 13.1 Å². The summed E-state index contributed by atoms with van der Waals surface area (Å²) in [4.78, 5) is 16.3. The minimum atomic E-state index is -0.322. The largest absolute Gasteiger partial charge is 0.503 e. The van der Waals surface area contributed by atoms with E-state index in [1.54, 1.807) is 12.3 Å². The Labute approximate surface area is 138 Å². The zero-order valence-corrected chi connectivity index (χ0v) is 14.2. The number of nitrogens with zero attached hydrogens (tertiary/aromatic N) is 3. The smallest absolute Gasteiger partial charge is 0.223 e. The maximum absolute atomic E-state index is 11.8. The summed E-state index contributed by atoms with van der Waals surface area (Å²) in [5.74, 6) is -0.196. The average molecular weight is 323 g/mol. The van der Waals surface area contributed by atoms with Crippen LogP contribution in [0.3, 0.4) is 0 Å². The Morgan fingerprint density at radius 1 is 1.35 bits per heavy atom. The number of hydrogen-bond acceptors (Lipinski definition) is 5. The highest BCUT2D eigenvalue weighted by molar-refractivity contribution is 5.20. The van der Waals surface area contributed by atoms with Crippen LogP contribution in [0.25, 0.3) is 0 Å². The van der Waals surface area contributed by atoms with Gasteiger partial charge in [-0.05, 0) is 39.9 Å². The molecule has 1 saturated heterocycles. The Hall–Kier alpha value is -1.37. The van der Waals surface area contributed by atoms with E-state index in [1.165, 1.54) is 6.42 Å². The van der Waals surface area contributed by atoms with Crippen LogP contribution in [0.5, 0.6) is 5.75 Å². The van der Waals surface area contributed by atoms with Crippen molar-refractivity contribution in [1.82, 2.24) is 14.4 Å². The molecule has 0 spiro atoms. The molecular formula is C17H29N3O3. The molecule has 0 aromatic carbocycles. The summed E-state index contributed by atoms with van der Waals surface area (Å²) in [6, 6.07) is 1.93. The van der Waals surface area contributed by atoms with Gasteiger partial charge in [0.25, 0.3) is 0 Å². The van der Waals surface area contributed by atoms with Gasteiger partial charge in [0.05, 0.1) is 6.20 Å². The van der Waals surface area contributed by atoms with Crippen LogP contribution in [0.1, 0.15) is 31.4 Å². The van der Waals surface area contributed by atoms with Gasteiger partial charge < -0.3 is 19.7 Å². The molecule has 1 fully saturated rings. The number of pyridine rings is 1. The second-order valence-corrected chi connectivity index (χ2v) is 6.64. The van der Waals surface area contributed by atoms with Gasteiger partial charge in [0.1, 0.15) is 0 Å². The van der Waals surface area contributed by atoms with E-state index in [2.05, 4.69) is 9.80 Å². The minimum absolute atomic E-state index is 0.196. The molecule has 0 bridgehead atoms. The summed E-state index contributed by atoms with van der Waals surface area (Å²) in [5, 5.41) is 19.0. The molecule has 1 aromatic rings. The molecule has 0 radical (unpaired) electrons. The van der Waals surface area contributed by atoms with Crippen molar-refractivity contribution in [1.29, 1.82) is 0 Å². The van der Waals surface area contributed by atoms with Crippen LogP contribution in [-0.4, -0.2) is 64.4 Å². The minimum Gasteiger partial charge on any atom is -0.503 e. The molecule has 1 aliphatic rings. The maximum Gasteiger partial charge on any atom is 0.223 e. The number of aliphatic hydroxyl groups excluding tert-OH is 1. The number of likely N-dealkylation sites (N-methyl/N-ethyl adjacent to an activating group) is 1. The molecule has 0 saturated carbocycles. The Morgan fingerprint density at radius 3 is 2.83 bits per heavy atom. The van der Waals surface area contributed by atoms with Gasteiger partial charge in [-0.2, -0.15) is 0 Å². The Kier molecular flexibility index (Phi) is 6.62. The summed E-state index contributed by atoms with van der Waals surface area (Å²) in [6.45, 7) is 3.45. The lowest BCUT2D eigenvalue weighted by Crippen LogP contribution is -2.40. The molecule has 6 heteroatoms. The Morgan fingerprint density at radius 2 is 2.13 bits per heavy atom. The number of piperidine rings is 1. The monoisotopic (exact) mass is 323 g/mol. The molecule has 23 heavy (non-hydrogen) atoms. The van der Waals surface area contributed by atoms with Crippen molar-refractivity contribution in [2.75, 3.05) is 33.8 Å². The number of hydrogen-bond donors (Lipinski definition) is 2. The lowest BCUT2D eigenvalue weighted by Gasteiger charge is -2.36. The van der Waals surface area contributed by atoms with Crippen molar-refractivity contribution in [3.05, 3.63) is 28.2 Å². The van der Waals surface area contributed by atoms with Crippen molar-refractivity contribution in [3.8, 4) is 5.75 Å². The zero-order valence-electron chi connectivity index (χ0n) is 14.2.